The number of ether oxygens (including phenoxy) is 1. The van der Waals surface area contributed by atoms with Crippen molar-refractivity contribution in [1.29, 1.82) is 0 Å². The Labute approximate surface area is 120 Å². The zero-order valence-electron chi connectivity index (χ0n) is 10.4. The SMILES string of the molecule is [B]C([B])(O)[C@@]1(F)O[C@@]([B])(n2ccc(=O)[nH]c2=O)[C@H](O)[C@@H]1O. The minimum absolute atomic E-state index is 0.412. The third kappa shape index (κ3) is 2.18. The van der Waals surface area contributed by atoms with Crippen LogP contribution in [0.4, 0.5) is 4.39 Å². The number of hydrogen-bond donors (Lipinski definition) is 4. The van der Waals surface area contributed by atoms with Crippen molar-refractivity contribution < 1.29 is 24.4 Å². The number of aromatic amines is 1. The second kappa shape index (κ2) is 4.57. The van der Waals surface area contributed by atoms with E-state index < -0.39 is 40.3 Å². The summed E-state index contributed by atoms with van der Waals surface area (Å²) in [5.74, 6) is -3.57. The van der Waals surface area contributed by atoms with E-state index in [9.17, 15) is 29.3 Å². The molecular formula is C9H8B3FN2O6. The Morgan fingerprint density at radius 2 is 1.95 bits per heavy atom. The number of H-pyrrole nitrogens is 1. The van der Waals surface area contributed by atoms with Crippen molar-refractivity contribution in [3.63, 3.8) is 0 Å². The van der Waals surface area contributed by atoms with Crippen LogP contribution < -0.4 is 11.2 Å². The van der Waals surface area contributed by atoms with Gasteiger partial charge in [0, 0.05) is 17.7 Å². The first kappa shape index (κ1) is 16.0. The first-order chi connectivity index (χ1) is 9.43. The number of nitrogens with zero attached hydrogens (tertiary/aromatic N) is 1. The minimum atomic E-state index is -3.57. The highest BCUT2D eigenvalue weighted by molar-refractivity contribution is 6.39. The second-order valence-corrected chi connectivity index (χ2v) is 4.69. The summed E-state index contributed by atoms with van der Waals surface area (Å²) in [4.78, 5) is 24.4. The summed E-state index contributed by atoms with van der Waals surface area (Å²) >= 11 is 0. The van der Waals surface area contributed by atoms with E-state index >= 15 is 0 Å². The maximum Gasteiger partial charge on any atom is 0.330 e. The monoisotopic (exact) mass is 292 g/mol. The van der Waals surface area contributed by atoms with Crippen LogP contribution in [0.5, 0.6) is 0 Å². The number of hydrogen-bond acceptors (Lipinski definition) is 6. The van der Waals surface area contributed by atoms with Crippen LogP contribution in [0.1, 0.15) is 0 Å². The summed E-state index contributed by atoms with van der Waals surface area (Å²) in [6.07, 6.45) is -3.90. The molecule has 1 aliphatic rings. The molecule has 106 valence electrons. The van der Waals surface area contributed by atoms with Gasteiger partial charge in [0.15, 0.2) is 0 Å². The molecule has 0 aliphatic carbocycles. The number of halogens is 1. The van der Waals surface area contributed by atoms with Gasteiger partial charge in [-0.1, -0.05) is 0 Å². The summed E-state index contributed by atoms with van der Waals surface area (Å²) in [5, 5.41) is 25.6. The Morgan fingerprint density at radius 1 is 1.38 bits per heavy atom. The van der Waals surface area contributed by atoms with Crippen molar-refractivity contribution in [3.05, 3.63) is 33.1 Å². The Balaban J connectivity index is 2.59. The van der Waals surface area contributed by atoms with Gasteiger partial charge in [0.1, 0.15) is 41.4 Å². The standard InChI is InChI=1S/C9H8B3FN2O6/c10-8(15-2-1-3(16)14-6(15)19)5(18)4(17)7(13,21-8)9(11,12)20/h1-2,4-5,17-18,20H,(H,14,16,19)/t4-,5+,7-,8-/m0/s1. The maximum atomic E-state index is 14.5. The van der Waals surface area contributed by atoms with Crippen molar-refractivity contribution in [3.8, 4) is 0 Å². The molecule has 1 aromatic heterocycles. The molecule has 12 heteroatoms. The largest absolute Gasteiger partial charge is 0.403 e. The van der Waals surface area contributed by atoms with E-state index in [4.69, 9.17) is 23.5 Å². The van der Waals surface area contributed by atoms with E-state index in [1.807, 2.05) is 0 Å². The molecule has 1 aromatic rings. The fraction of sp³-hybridized carbons (Fsp3) is 0.556. The molecule has 0 unspecified atom stereocenters. The topological polar surface area (TPSA) is 125 Å². The third-order valence-corrected chi connectivity index (χ3v) is 3.16. The van der Waals surface area contributed by atoms with Crippen LogP contribution in [0, 0.1) is 0 Å². The van der Waals surface area contributed by atoms with E-state index in [-0.39, 0.29) is 0 Å². The van der Waals surface area contributed by atoms with Crippen LogP contribution in [0.25, 0.3) is 0 Å². The molecule has 2 heterocycles. The number of aliphatic hydroxyl groups excluding tert-OH is 2. The van der Waals surface area contributed by atoms with E-state index in [0.29, 0.717) is 4.57 Å². The molecule has 2 rings (SSSR count). The summed E-state index contributed by atoms with van der Waals surface area (Å²) in [6, 6.07) is 0.841. The molecule has 4 N–H and O–H groups in total. The van der Waals surface area contributed by atoms with Gasteiger partial charge in [-0.15, -0.1) is 0 Å². The van der Waals surface area contributed by atoms with Crippen molar-refractivity contribution in [2.75, 3.05) is 0 Å². The minimum Gasteiger partial charge on any atom is -0.403 e. The number of alkyl halides is 1. The smallest absolute Gasteiger partial charge is 0.330 e. The molecule has 1 fully saturated rings. The van der Waals surface area contributed by atoms with Crippen molar-refractivity contribution in [2.24, 2.45) is 0 Å². The normalized spacial score (nSPS) is 36.8. The quantitative estimate of drug-likeness (QED) is 0.409. The van der Waals surface area contributed by atoms with E-state index in [0.717, 1.165) is 12.3 Å². The molecule has 0 amide bonds. The van der Waals surface area contributed by atoms with Crippen LogP contribution in [-0.2, 0) is 10.4 Å². The summed E-state index contributed by atoms with van der Waals surface area (Å²) in [7, 11) is 15.5. The zero-order valence-corrected chi connectivity index (χ0v) is 10.4. The van der Waals surface area contributed by atoms with Crippen molar-refractivity contribution >= 4 is 23.5 Å². The van der Waals surface area contributed by atoms with Gasteiger partial charge < -0.3 is 20.1 Å². The molecule has 1 aliphatic heterocycles. The lowest BCUT2D eigenvalue weighted by molar-refractivity contribution is -0.243. The predicted molar refractivity (Wildman–Crippen MR) is 68.4 cm³/mol. The van der Waals surface area contributed by atoms with Gasteiger partial charge in [-0.05, 0) is 0 Å². The summed E-state index contributed by atoms with van der Waals surface area (Å²) in [5.41, 5.74) is -4.60. The number of rotatable bonds is 2. The Morgan fingerprint density at radius 3 is 2.38 bits per heavy atom. The summed E-state index contributed by atoms with van der Waals surface area (Å²) in [6.45, 7) is 0. The van der Waals surface area contributed by atoms with Gasteiger partial charge in [-0.3, -0.25) is 14.3 Å². The van der Waals surface area contributed by atoms with Gasteiger partial charge in [0.05, 0.1) is 0 Å². The molecule has 4 atom stereocenters. The fourth-order valence-electron chi connectivity index (χ4n) is 1.99. The molecule has 21 heavy (non-hydrogen) atoms. The van der Waals surface area contributed by atoms with Gasteiger partial charge in [-0.2, -0.15) is 0 Å². The van der Waals surface area contributed by atoms with Gasteiger partial charge >= 0.3 is 5.69 Å². The highest BCUT2D eigenvalue weighted by Gasteiger charge is 2.66. The molecule has 0 bridgehead atoms. The zero-order chi connectivity index (χ0) is 16.2. The van der Waals surface area contributed by atoms with E-state index in [2.05, 4.69) is 4.74 Å². The number of aliphatic hydroxyl groups is 3. The van der Waals surface area contributed by atoms with Gasteiger partial charge in [-0.25, -0.2) is 9.18 Å². The van der Waals surface area contributed by atoms with E-state index in [1.54, 1.807) is 4.98 Å². The Kier molecular flexibility index (Phi) is 3.49. The van der Waals surface area contributed by atoms with Crippen molar-refractivity contribution in [1.82, 2.24) is 9.55 Å². The molecular weight excluding hydrogens is 284 g/mol. The van der Waals surface area contributed by atoms with E-state index in [1.165, 1.54) is 0 Å². The first-order valence-corrected chi connectivity index (χ1v) is 5.60. The number of nitrogens with one attached hydrogen (secondary N) is 1. The van der Waals surface area contributed by atoms with Crippen LogP contribution in [0.15, 0.2) is 21.9 Å². The van der Waals surface area contributed by atoms with Crippen LogP contribution in [-0.4, -0.2) is 71.9 Å². The second-order valence-electron chi connectivity index (χ2n) is 4.69. The lowest BCUT2D eigenvalue weighted by Crippen LogP contribution is -2.59. The first-order valence-electron chi connectivity index (χ1n) is 5.60. The molecule has 8 nitrogen and oxygen atoms in total. The molecule has 0 saturated carbocycles. The third-order valence-electron chi connectivity index (χ3n) is 3.16. The van der Waals surface area contributed by atoms with Gasteiger partial charge in [0.2, 0.25) is 0 Å². The van der Waals surface area contributed by atoms with Gasteiger partial charge in [0.25, 0.3) is 11.4 Å². The average molecular weight is 292 g/mol. The van der Waals surface area contributed by atoms with Crippen LogP contribution >= 0.6 is 0 Å². The molecule has 1 saturated heterocycles. The van der Waals surface area contributed by atoms with Crippen LogP contribution in [0.2, 0.25) is 0 Å². The average Bonchev–Trinajstić information content (AvgIpc) is 2.51. The van der Waals surface area contributed by atoms with Crippen molar-refractivity contribution in [2.45, 2.75) is 29.1 Å². The number of aromatic nitrogens is 2. The van der Waals surface area contributed by atoms with Crippen LogP contribution in [0.3, 0.4) is 0 Å². The highest BCUT2D eigenvalue weighted by atomic mass is 19.2. The molecule has 0 aromatic carbocycles. The lowest BCUT2D eigenvalue weighted by atomic mass is 9.59. The molecule has 0 spiro atoms. The highest BCUT2D eigenvalue weighted by Crippen LogP contribution is 2.44. The lowest BCUT2D eigenvalue weighted by Gasteiger charge is -2.37. The predicted octanol–water partition coefficient (Wildman–Crippen LogP) is -4.28. The maximum absolute atomic E-state index is 14.5. The summed E-state index contributed by atoms with van der Waals surface area (Å²) < 4.78 is 19.5. The fourth-order valence-corrected chi connectivity index (χ4v) is 1.99. The Hall–Kier alpha value is -1.36. The molecule has 6 radical (unpaired) electrons. The Bertz CT molecular complexity index is 674.